The van der Waals surface area contributed by atoms with Gasteiger partial charge in [0.1, 0.15) is 12.2 Å². The van der Waals surface area contributed by atoms with Crippen LogP contribution in [0.1, 0.15) is 24.8 Å². The number of nitrogens with zero attached hydrogens (tertiary/aromatic N) is 1. The van der Waals surface area contributed by atoms with Crippen LogP contribution in [0.4, 0.5) is 4.39 Å². The predicted octanol–water partition coefficient (Wildman–Crippen LogP) is 1.84. The maximum atomic E-state index is 13.0. The van der Waals surface area contributed by atoms with E-state index >= 15 is 0 Å². The standard InChI is InChI=1S/C12H11FN2O/c13-10-3-1-2-9(8-10)12(5-6-12)15-11(16)4-7-14/h1-3,8H,4-6H2,(H,15,16). The molecule has 16 heavy (non-hydrogen) atoms. The normalized spacial score (nSPS) is 16.2. The summed E-state index contributed by atoms with van der Waals surface area (Å²) in [7, 11) is 0. The number of carbonyl (C=O) groups excluding carboxylic acids is 1. The Balaban J connectivity index is 2.15. The molecule has 2 rings (SSSR count). The van der Waals surface area contributed by atoms with Gasteiger partial charge in [0, 0.05) is 0 Å². The second-order valence-corrected chi connectivity index (χ2v) is 3.98. The first-order valence-electron chi connectivity index (χ1n) is 5.10. The molecule has 0 aromatic heterocycles. The molecule has 0 aliphatic heterocycles. The molecule has 0 atom stereocenters. The summed E-state index contributed by atoms with van der Waals surface area (Å²) in [6.45, 7) is 0. The molecule has 1 saturated carbocycles. The van der Waals surface area contributed by atoms with Crippen molar-refractivity contribution in [3.05, 3.63) is 35.6 Å². The summed E-state index contributed by atoms with van der Waals surface area (Å²) in [5.74, 6) is -0.609. The highest BCUT2D eigenvalue weighted by Gasteiger charge is 2.45. The lowest BCUT2D eigenvalue weighted by Gasteiger charge is -2.17. The van der Waals surface area contributed by atoms with Gasteiger partial charge in [-0.15, -0.1) is 0 Å². The summed E-state index contributed by atoms with van der Waals surface area (Å²) in [6.07, 6.45) is 1.44. The molecular weight excluding hydrogens is 207 g/mol. The van der Waals surface area contributed by atoms with Gasteiger partial charge in [0.15, 0.2) is 0 Å². The molecule has 1 fully saturated rings. The van der Waals surface area contributed by atoms with Gasteiger partial charge in [-0.05, 0) is 30.5 Å². The van der Waals surface area contributed by atoms with Crippen molar-refractivity contribution in [3.63, 3.8) is 0 Å². The molecule has 1 aliphatic rings. The molecule has 1 aliphatic carbocycles. The molecule has 4 heteroatoms. The van der Waals surface area contributed by atoms with Crippen LogP contribution in [0.25, 0.3) is 0 Å². The van der Waals surface area contributed by atoms with Gasteiger partial charge in [0.05, 0.1) is 11.6 Å². The fourth-order valence-electron chi connectivity index (χ4n) is 1.78. The Hall–Kier alpha value is -1.89. The first kappa shape index (κ1) is 10.6. The third-order valence-electron chi connectivity index (χ3n) is 2.75. The molecule has 1 aromatic carbocycles. The minimum Gasteiger partial charge on any atom is -0.346 e. The Morgan fingerprint density at radius 1 is 1.56 bits per heavy atom. The van der Waals surface area contributed by atoms with Gasteiger partial charge in [-0.1, -0.05) is 12.1 Å². The maximum absolute atomic E-state index is 13.0. The van der Waals surface area contributed by atoms with Crippen LogP contribution >= 0.6 is 0 Å². The topological polar surface area (TPSA) is 52.9 Å². The second kappa shape index (κ2) is 3.93. The highest BCUT2D eigenvalue weighted by molar-refractivity contribution is 5.79. The number of nitriles is 1. The fraction of sp³-hybridized carbons (Fsp3) is 0.333. The number of halogens is 1. The van der Waals surface area contributed by atoms with E-state index in [4.69, 9.17) is 5.26 Å². The van der Waals surface area contributed by atoms with Crippen LogP contribution in [0, 0.1) is 17.1 Å². The molecule has 0 saturated heterocycles. The largest absolute Gasteiger partial charge is 0.346 e. The van der Waals surface area contributed by atoms with E-state index in [0.717, 1.165) is 18.4 Å². The maximum Gasteiger partial charge on any atom is 0.234 e. The molecule has 0 bridgehead atoms. The number of hydrogen-bond acceptors (Lipinski definition) is 2. The van der Waals surface area contributed by atoms with Crippen LogP contribution in [0.15, 0.2) is 24.3 Å². The smallest absolute Gasteiger partial charge is 0.234 e. The Bertz CT molecular complexity index is 460. The number of rotatable bonds is 3. The molecule has 82 valence electrons. The average molecular weight is 218 g/mol. The summed E-state index contributed by atoms with van der Waals surface area (Å²) in [4.78, 5) is 11.3. The summed E-state index contributed by atoms with van der Waals surface area (Å²) in [5.41, 5.74) is 0.342. The lowest BCUT2D eigenvalue weighted by Crippen LogP contribution is -2.34. The van der Waals surface area contributed by atoms with Crippen molar-refractivity contribution in [1.82, 2.24) is 5.32 Å². The highest BCUT2D eigenvalue weighted by atomic mass is 19.1. The van der Waals surface area contributed by atoms with Crippen molar-refractivity contribution < 1.29 is 9.18 Å². The van der Waals surface area contributed by atoms with Crippen LogP contribution in [-0.4, -0.2) is 5.91 Å². The number of nitrogens with one attached hydrogen (secondary N) is 1. The van der Waals surface area contributed by atoms with E-state index in [1.54, 1.807) is 18.2 Å². The van der Waals surface area contributed by atoms with E-state index in [9.17, 15) is 9.18 Å². The quantitative estimate of drug-likeness (QED) is 0.841. The second-order valence-electron chi connectivity index (χ2n) is 3.98. The van der Waals surface area contributed by atoms with Crippen molar-refractivity contribution in [2.75, 3.05) is 0 Å². The van der Waals surface area contributed by atoms with Crippen LogP contribution in [0.5, 0.6) is 0 Å². The highest BCUT2D eigenvalue weighted by Crippen LogP contribution is 2.45. The molecule has 3 nitrogen and oxygen atoms in total. The molecule has 0 spiro atoms. The van der Waals surface area contributed by atoms with Gasteiger partial charge in [0.2, 0.25) is 5.91 Å². The zero-order valence-electron chi connectivity index (χ0n) is 8.66. The molecule has 1 amide bonds. The van der Waals surface area contributed by atoms with Crippen LogP contribution in [0.3, 0.4) is 0 Å². The van der Waals surface area contributed by atoms with Gasteiger partial charge in [-0.3, -0.25) is 4.79 Å². The van der Waals surface area contributed by atoms with Gasteiger partial charge < -0.3 is 5.32 Å². The van der Waals surface area contributed by atoms with Crippen LogP contribution < -0.4 is 5.32 Å². The Morgan fingerprint density at radius 2 is 2.31 bits per heavy atom. The molecule has 1 aromatic rings. The number of carbonyl (C=O) groups is 1. The van der Waals surface area contributed by atoms with Crippen molar-refractivity contribution in [2.24, 2.45) is 0 Å². The predicted molar refractivity (Wildman–Crippen MR) is 55.7 cm³/mol. The minimum atomic E-state index is -0.434. The summed E-state index contributed by atoms with van der Waals surface area (Å²) < 4.78 is 13.0. The first-order valence-corrected chi connectivity index (χ1v) is 5.10. The lowest BCUT2D eigenvalue weighted by molar-refractivity contribution is -0.121. The zero-order chi connectivity index (χ0) is 11.6. The van der Waals surface area contributed by atoms with E-state index in [1.165, 1.54) is 12.1 Å². The number of benzene rings is 1. The van der Waals surface area contributed by atoms with Crippen molar-refractivity contribution in [1.29, 1.82) is 5.26 Å². The molecular formula is C12H11FN2O. The lowest BCUT2D eigenvalue weighted by atomic mass is 10.0. The van der Waals surface area contributed by atoms with E-state index in [-0.39, 0.29) is 18.1 Å². The number of amides is 1. The fourth-order valence-corrected chi connectivity index (χ4v) is 1.78. The van der Waals surface area contributed by atoms with Crippen molar-refractivity contribution in [2.45, 2.75) is 24.8 Å². The van der Waals surface area contributed by atoms with Gasteiger partial charge in [-0.2, -0.15) is 5.26 Å². The molecule has 0 unspecified atom stereocenters. The number of hydrogen-bond donors (Lipinski definition) is 1. The minimum absolute atomic E-state index is 0.156. The summed E-state index contributed by atoms with van der Waals surface area (Å²) >= 11 is 0. The van der Waals surface area contributed by atoms with E-state index in [1.807, 2.05) is 0 Å². The van der Waals surface area contributed by atoms with E-state index in [2.05, 4.69) is 5.32 Å². The zero-order valence-corrected chi connectivity index (χ0v) is 8.66. The van der Waals surface area contributed by atoms with Crippen LogP contribution in [0.2, 0.25) is 0 Å². The van der Waals surface area contributed by atoms with Crippen molar-refractivity contribution in [3.8, 4) is 6.07 Å². The molecule has 0 radical (unpaired) electrons. The van der Waals surface area contributed by atoms with Gasteiger partial charge in [-0.25, -0.2) is 4.39 Å². The first-order chi connectivity index (χ1) is 7.66. The van der Waals surface area contributed by atoms with Crippen LogP contribution in [-0.2, 0) is 10.3 Å². The Kier molecular flexibility index (Phi) is 2.61. The van der Waals surface area contributed by atoms with Gasteiger partial charge >= 0.3 is 0 Å². The Labute approximate surface area is 92.9 Å². The van der Waals surface area contributed by atoms with Gasteiger partial charge in [0.25, 0.3) is 0 Å². The molecule has 0 heterocycles. The Morgan fingerprint density at radius 3 is 2.88 bits per heavy atom. The van der Waals surface area contributed by atoms with E-state index < -0.39 is 5.54 Å². The van der Waals surface area contributed by atoms with E-state index in [0.29, 0.717) is 0 Å². The third-order valence-corrected chi connectivity index (χ3v) is 2.75. The third kappa shape index (κ3) is 2.03. The summed E-state index contributed by atoms with van der Waals surface area (Å²) in [5, 5.41) is 11.2. The average Bonchev–Trinajstić information content (AvgIpc) is 2.99. The summed E-state index contributed by atoms with van der Waals surface area (Å²) in [6, 6.07) is 8.02. The SMILES string of the molecule is N#CCC(=O)NC1(c2cccc(F)c2)CC1. The van der Waals surface area contributed by atoms with Crippen molar-refractivity contribution >= 4 is 5.91 Å². The molecule has 1 N–H and O–H groups in total. The monoisotopic (exact) mass is 218 g/mol.